The molecule has 1 fully saturated rings. The van der Waals surface area contributed by atoms with Crippen LogP contribution in [0.4, 0.5) is 5.69 Å². The van der Waals surface area contributed by atoms with Gasteiger partial charge in [0.1, 0.15) is 0 Å². The Kier molecular flexibility index (Phi) is 4.89. The molecule has 2 rings (SSSR count). The number of halogens is 2. The van der Waals surface area contributed by atoms with Crippen LogP contribution in [0.1, 0.15) is 18.9 Å². The zero-order chi connectivity index (χ0) is 12.3. The fourth-order valence-corrected chi connectivity index (χ4v) is 3.90. The Bertz CT molecular complexity index is 384. The van der Waals surface area contributed by atoms with E-state index >= 15 is 0 Å². The molecule has 1 aromatic rings. The highest BCUT2D eigenvalue weighted by molar-refractivity contribution is 8.00. The van der Waals surface area contributed by atoms with Gasteiger partial charge < -0.3 is 4.90 Å². The maximum absolute atomic E-state index is 6.33. The van der Waals surface area contributed by atoms with Gasteiger partial charge in [0.05, 0.1) is 10.7 Å². The van der Waals surface area contributed by atoms with E-state index in [9.17, 15) is 0 Å². The van der Waals surface area contributed by atoms with Crippen molar-refractivity contribution in [2.45, 2.75) is 24.5 Å². The van der Waals surface area contributed by atoms with Crippen molar-refractivity contribution >= 4 is 40.7 Å². The van der Waals surface area contributed by atoms with Crippen LogP contribution in [0, 0.1) is 0 Å². The second-order valence-electron chi connectivity index (χ2n) is 4.23. The first-order valence-corrected chi connectivity index (χ1v) is 7.92. The predicted octanol–water partition coefficient (Wildman–Crippen LogP) is 4.41. The number of para-hydroxylation sites is 1. The van der Waals surface area contributed by atoms with Crippen LogP contribution in [0.5, 0.6) is 0 Å². The van der Waals surface area contributed by atoms with Crippen LogP contribution in [0.2, 0.25) is 5.02 Å². The molecular weight excluding hydrogens is 273 g/mol. The Balaban J connectivity index is 2.26. The molecule has 1 atom stereocenters. The Morgan fingerprint density at radius 1 is 1.47 bits per heavy atom. The van der Waals surface area contributed by atoms with Crippen molar-refractivity contribution in [2.24, 2.45) is 0 Å². The quantitative estimate of drug-likeness (QED) is 0.759. The normalized spacial score (nSPS) is 20.6. The van der Waals surface area contributed by atoms with Crippen LogP contribution in [-0.4, -0.2) is 24.1 Å². The molecule has 1 unspecified atom stereocenters. The van der Waals surface area contributed by atoms with Gasteiger partial charge in [-0.1, -0.05) is 30.7 Å². The highest BCUT2D eigenvalue weighted by Crippen LogP contribution is 2.34. The van der Waals surface area contributed by atoms with E-state index < -0.39 is 0 Å². The lowest BCUT2D eigenvalue weighted by Gasteiger charge is -2.35. The van der Waals surface area contributed by atoms with Crippen LogP contribution < -0.4 is 4.90 Å². The van der Waals surface area contributed by atoms with Crippen LogP contribution >= 0.6 is 35.0 Å². The lowest BCUT2D eigenvalue weighted by atomic mass is 10.1. The number of nitrogens with zero attached hydrogens (tertiary/aromatic N) is 1. The minimum absolute atomic E-state index is 0.524. The second kappa shape index (κ2) is 6.21. The molecule has 0 aliphatic carbocycles. The van der Waals surface area contributed by atoms with Crippen LogP contribution in [0.15, 0.2) is 18.2 Å². The van der Waals surface area contributed by atoms with Gasteiger partial charge in [-0.25, -0.2) is 0 Å². The predicted molar refractivity (Wildman–Crippen MR) is 79.8 cm³/mol. The van der Waals surface area contributed by atoms with Crippen LogP contribution in [0.3, 0.4) is 0 Å². The summed E-state index contributed by atoms with van der Waals surface area (Å²) in [5.41, 5.74) is 2.28. The highest BCUT2D eigenvalue weighted by Gasteiger charge is 2.22. The first kappa shape index (κ1) is 13.4. The molecule has 0 bridgehead atoms. The Morgan fingerprint density at radius 3 is 3.00 bits per heavy atom. The molecule has 0 spiro atoms. The van der Waals surface area contributed by atoms with E-state index in [0.717, 1.165) is 29.4 Å². The van der Waals surface area contributed by atoms with Crippen molar-refractivity contribution in [3.63, 3.8) is 0 Å². The molecule has 1 aliphatic heterocycles. The summed E-state index contributed by atoms with van der Waals surface area (Å²) in [7, 11) is 0. The lowest BCUT2D eigenvalue weighted by Crippen LogP contribution is -2.38. The minimum atomic E-state index is 0.524. The Morgan fingerprint density at radius 2 is 2.29 bits per heavy atom. The van der Waals surface area contributed by atoms with E-state index in [-0.39, 0.29) is 0 Å². The van der Waals surface area contributed by atoms with Crippen molar-refractivity contribution in [3.05, 3.63) is 28.8 Å². The SMILES string of the molecule is CCC1CN(c2c(Cl)cccc2CCl)CCS1. The molecular formula is C13H17Cl2NS. The molecule has 0 radical (unpaired) electrons. The summed E-state index contributed by atoms with van der Waals surface area (Å²) in [6.45, 7) is 4.39. The average Bonchev–Trinajstić information content (AvgIpc) is 2.38. The topological polar surface area (TPSA) is 3.24 Å². The number of hydrogen-bond acceptors (Lipinski definition) is 2. The third kappa shape index (κ3) is 3.04. The fraction of sp³-hybridized carbons (Fsp3) is 0.538. The van der Waals surface area contributed by atoms with Gasteiger partial charge in [-0.05, 0) is 18.1 Å². The lowest BCUT2D eigenvalue weighted by molar-refractivity contribution is 0.726. The molecule has 0 saturated carbocycles. The summed E-state index contributed by atoms with van der Waals surface area (Å²) < 4.78 is 0. The van der Waals surface area contributed by atoms with Crippen molar-refractivity contribution in [1.82, 2.24) is 0 Å². The van der Waals surface area contributed by atoms with Gasteiger partial charge in [0, 0.05) is 30.0 Å². The monoisotopic (exact) mass is 289 g/mol. The smallest absolute Gasteiger partial charge is 0.0642 e. The fourth-order valence-electron chi connectivity index (χ4n) is 2.19. The van der Waals surface area contributed by atoms with Crippen molar-refractivity contribution < 1.29 is 0 Å². The van der Waals surface area contributed by atoms with E-state index in [1.54, 1.807) is 0 Å². The number of hydrogen-bond donors (Lipinski definition) is 0. The molecule has 4 heteroatoms. The molecule has 1 heterocycles. The summed E-state index contributed by atoms with van der Waals surface area (Å²) in [5.74, 6) is 1.70. The maximum atomic E-state index is 6.33. The zero-order valence-electron chi connectivity index (χ0n) is 9.96. The molecule has 1 saturated heterocycles. The highest BCUT2D eigenvalue weighted by atomic mass is 35.5. The molecule has 0 N–H and O–H groups in total. The maximum Gasteiger partial charge on any atom is 0.0642 e. The summed E-state index contributed by atoms with van der Waals surface area (Å²) in [6, 6.07) is 5.99. The van der Waals surface area contributed by atoms with Crippen molar-refractivity contribution in [2.75, 3.05) is 23.7 Å². The van der Waals surface area contributed by atoms with Crippen LogP contribution in [0.25, 0.3) is 0 Å². The number of thioether (sulfide) groups is 1. The molecule has 17 heavy (non-hydrogen) atoms. The first-order chi connectivity index (χ1) is 8.26. The first-order valence-electron chi connectivity index (χ1n) is 5.96. The number of benzene rings is 1. The van der Waals surface area contributed by atoms with Gasteiger partial charge in [-0.15, -0.1) is 11.6 Å². The van der Waals surface area contributed by atoms with Crippen molar-refractivity contribution in [1.29, 1.82) is 0 Å². The zero-order valence-corrected chi connectivity index (χ0v) is 12.3. The largest absolute Gasteiger partial charge is 0.368 e. The third-order valence-electron chi connectivity index (χ3n) is 3.12. The second-order valence-corrected chi connectivity index (χ2v) is 6.31. The number of alkyl halides is 1. The summed E-state index contributed by atoms with van der Waals surface area (Å²) in [6.07, 6.45) is 1.21. The van der Waals surface area contributed by atoms with Crippen LogP contribution in [-0.2, 0) is 5.88 Å². The van der Waals surface area contributed by atoms with Gasteiger partial charge in [0.2, 0.25) is 0 Å². The molecule has 1 aromatic carbocycles. The minimum Gasteiger partial charge on any atom is -0.368 e. The van der Waals surface area contributed by atoms with Gasteiger partial charge in [-0.3, -0.25) is 0 Å². The third-order valence-corrected chi connectivity index (χ3v) is 5.09. The molecule has 94 valence electrons. The van der Waals surface area contributed by atoms with Gasteiger partial charge >= 0.3 is 0 Å². The van der Waals surface area contributed by atoms with Crippen molar-refractivity contribution in [3.8, 4) is 0 Å². The Hall–Kier alpha value is -0.0500. The van der Waals surface area contributed by atoms with E-state index in [2.05, 4.69) is 29.7 Å². The summed E-state index contributed by atoms with van der Waals surface area (Å²) >= 11 is 14.4. The summed E-state index contributed by atoms with van der Waals surface area (Å²) in [5, 5.41) is 1.54. The Labute approximate surface area is 117 Å². The number of rotatable bonds is 3. The summed E-state index contributed by atoms with van der Waals surface area (Å²) in [4.78, 5) is 2.39. The van der Waals surface area contributed by atoms with E-state index in [1.807, 2.05) is 12.1 Å². The molecule has 1 aliphatic rings. The average molecular weight is 290 g/mol. The van der Waals surface area contributed by atoms with E-state index in [1.165, 1.54) is 12.2 Å². The van der Waals surface area contributed by atoms with E-state index in [4.69, 9.17) is 23.2 Å². The van der Waals surface area contributed by atoms with Gasteiger partial charge in [0.25, 0.3) is 0 Å². The molecule has 0 amide bonds. The molecule has 1 nitrogen and oxygen atoms in total. The number of anilines is 1. The van der Waals surface area contributed by atoms with Gasteiger partial charge in [-0.2, -0.15) is 11.8 Å². The standard InChI is InChI=1S/C13H17Cl2NS/c1-2-11-9-16(6-7-17-11)13-10(8-14)4-3-5-12(13)15/h3-5,11H,2,6-9H2,1H3. The molecule has 0 aromatic heterocycles. The van der Waals surface area contributed by atoms with Gasteiger partial charge in [0.15, 0.2) is 0 Å². The van der Waals surface area contributed by atoms with E-state index in [0.29, 0.717) is 11.1 Å².